The molecule has 8 nitrogen and oxygen atoms in total. The lowest BCUT2D eigenvalue weighted by molar-refractivity contribution is 0.102. The van der Waals surface area contributed by atoms with Gasteiger partial charge in [0.05, 0.1) is 27.3 Å². The maximum atomic E-state index is 12.8. The number of nitrogens with zero attached hydrogens (tertiary/aromatic N) is 4. The molecule has 0 saturated carbocycles. The van der Waals surface area contributed by atoms with Crippen LogP contribution in [0, 0.1) is 22.7 Å². The van der Waals surface area contributed by atoms with E-state index < -0.39 is 15.9 Å². The number of amides is 1. The van der Waals surface area contributed by atoms with Gasteiger partial charge < -0.3 is 0 Å². The summed E-state index contributed by atoms with van der Waals surface area (Å²) in [5.41, 5.74) is 1.02. The highest BCUT2D eigenvalue weighted by atomic mass is 79.9. The second-order valence-corrected chi connectivity index (χ2v) is 10.1. The van der Waals surface area contributed by atoms with E-state index in [0.717, 1.165) is 19.0 Å². The Balaban J connectivity index is 1.77. The number of carbonyl (C=O) groups is 1. The number of halogens is 1. The van der Waals surface area contributed by atoms with E-state index in [1.807, 2.05) is 30.3 Å². The highest BCUT2D eigenvalue weighted by Gasteiger charge is 2.24. The molecule has 3 aromatic rings. The molecular formula is C20H16BrN5O3S2. The van der Waals surface area contributed by atoms with Crippen molar-refractivity contribution in [3.8, 4) is 12.1 Å². The summed E-state index contributed by atoms with van der Waals surface area (Å²) in [4.78, 5) is 17.0. The largest absolute Gasteiger partial charge is 0.298 e. The molecule has 0 atom stereocenters. The standard InChI is InChI=1S/C20H16BrN5O3S2/c21-16-4-1-5-17-18(16)24-20(30-17)25-19(27)14-6-8-15(9-7-14)31(28,29)26(12-2-10-22)13-3-11-23/h1,4-9H,2-3,12-13H2,(H,24,25,27). The van der Waals surface area contributed by atoms with E-state index in [1.165, 1.54) is 35.6 Å². The Kier molecular flexibility index (Phi) is 7.36. The summed E-state index contributed by atoms with van der Waals surface area (Å²) in [5.74, 6) is -0.412. The number of hydrogen-bond acceptors (Lipinski definition) is 7. The second-order valence-electron chi connectivity index (χ2n) is 6.30. The van der Waals surface area contributed by atoms with Crippen molar-refractivity contribution in [3.05, 3.63) is 52.5 Å². The number of hydrogen-bond donors (Lipinski definition) is 1. The Morgan fingerprint density at radius 3 is 2.32 bits per heavy atom. The molecule has 0 radical (unpaired) electrons. The minimum atomic E-state index is -3.89. The van der Waals surface area contributed by atoms with E-state index >= 15 is 0 Å². The molecule has 0 aliphatic carbocycles. The van der Waals surface area contributed by atoms with Gasteiger partial charge in [-0.1, -0.05) is 17.4 Å². The van der Waals surface area contributed by atoms with Crippen molar-refractivity contribution in [2.75, 3.05) is 18.4 Å². The highest BCUT2D eigenvalue weighted by Crippen LogP contribution is 2.31. The van der Waals surface area contributed by atoms with E-state index in [-0.39, 0.29) is 36.4 Å². The first kappa shape index (κ1) is 22.8. The molecule has 11 heteroatoms. The number of nitriles is 2. The number of nitrogens with one attached hydrogen (secondary N) is 1. The minimum Gasteiger partial charge on any atom is -0.298 e. The van der Waals surface area contributed by atoms with Crippen LogP contribution >= 0.6 is 27.3 Å². The summed E-state index contributed by atoms with van der Waals surface area (Å²) >= 11 is 4.76. The number of para-hydroxylation sites is 1. The van der Waals surface area contributed by atoms with Crippen molar-refractivity contribution in [2.45, 2.75) is 17.7 Å². The van der Waals surface area contributed by atoms with Crippen LogP contribution in [0.1, 0.15) is 23.2 Å². The third-order valence-corrected chi connectivity index (χ3v) is 7.78. The fourth-order valence-corrected chi connectivity index (χ4v) is 5.68. The van der Waals surface area contributed by atoms with Gasteiger partial charge in [-0.05, 0) is 52.3 Å². The number of benzene rings is 2. The normalized spacial score (nSPS) is 11.2. The van der Waals surface area contributed by atoms with E-state index in [4.69, 9.17) is 10.5 Å². The lowest BCUT2D eigenvalue weighted by Gasteiger charge is -2.20. The topological polar surface area (TPSA) is 127 Å². The number of sulfonamides is 1. The van der Waals surface area contributed by atoms with Crippen LogP contribution in [0.3, 0.4) is 0 Å². The summed E-state index contributed by atoms with van der Waals surface area (Å²) < 4.78 is 28.5. The fraction of sp³-hybridized carbons (Fsp3) is 0.200. The number of rotatable bonds is 8. The molecule has 31 heavy (non-hydrogen) atoms. The van der Waals surface area contributed by atoms with E-state index in [0.29, 0.717) is 5.13 Å². The molecule has 0 aliphatic rings. The molecular weight excluding hydrogens is 502 g/mol. The Labute approximate surface area is 191 Å². The van der Waals surface area contributed by atoms with Crippen LogP contribution in [0.4, 0.5) is 5.13 Å². The molecule has 1 heterocycles. The number of anilines is 1. The Bertz CT molecular complexity index is 1270. The fourth-order valence-electron chi connectivity index (χ4n) is 2.77. The van der Waals surface area contributed by atoms with Crippen molar-refractivity contribution in [3.63, 3.8) is 0 Å². The summed E-state index contributed by atoms with van der Waals surface area (Å²) in [6, 6.07) is 15.0. The molecule has 0 bridgehead atoms. The Morgan fingerprint density at radius 1 is 1.10 bits per heavy atom. The lowest BCUT2D eigenvalue weighted by Crippen LogP contribution is -2.32. The van der Waals surface area contributed by atoms with Gasteiger partial charge in [-0.2, -0.15) is 14.8 Å². The van der Waals surface area contributed by atoms with Gasteiger partial charge in [0, 0.05) is 36.0 Å². The van der Waals surface area contributed by atoms with Gasteiger partial charge in [0.15, 0.2) is 5.13 Å². The zero-order valence-corrected chi connectivity index (χ0v) is 19.3. The van der Waals surface area contributed by atoms with Crippen molar-refractivity contribution in [1.82, 2.24) is 9.29 Å². The minimum absolute atomic E-state index is 0.00405. The Hall–Kier alpha value is -2.83. The van der Waals surface area contributed by atoms with E-state index in [9.17, 15) is 13.2 Å². The maximum absolute atomic E-state index is 12.8. The first-order valence-electron chi connectivity index (χ1n) is 9.07. The van der Waals surface area contributed by atoms with Crippen LogP contribution in [0.25, 0.3) is 10.2 Å². The number of fused-ring (bicyclic) bond motifs is 1. The lowest BCUT2D eigenvalue weighted by atomic mass is 10.2. The summed E-state index contributed by atoms with van der Waals surface area (Å²) in [5, 5.41) is 20.7. The average molecular weight is 518 g/mol. The number of aromatic nitrogens is 1. The number of carbonyl (C=O) groups excluding carboxylic acids is 1. The third-order valence-electron chi connectivity index (χ3n) is 4.29. The quantitative estimate of drug-likeness (QED) is 0.478. The van der Waals surface area contributed by atoms with Crippen molar-refractivity contribution >= 4 is 58.5 Å². The maximum Gasteiger partial charge on any atom is 0.257 e. The van der Waals surface area contributed by atoms with Gasteiger partial charge in [-0.3, -0.25) is 10.1 Å². The zero-order chi connectivity index (χ0) is 22.4. The highest BCUT2D eigenvalue weighted by molar-refractivity contribution is 9.10. The molecule has 0 unspecified atom stereocenters. The molecule has 0 aliphatic heterocycles. The van der Waals surface area contributed by atoms with Crippen LogP contribution in [-0.2, 0) is 10.0 Å². The zero-order valence-electron chi connectivity index (χ0n) is 16.1. The molecule has 1 N–H and O–H groups in total. The summed E-state index contributed by atoms with van der Waals surface area (Å²) in [6.07, 6.45) is 0.0346. The van der Waals surface area contributed by atoms with Crippen LogP contribution in [0.2, 0.25) is 0 Å². The molecule has 1 aromatic heterocycles. The average Bonchev–Trinajstić information content (AvgIpc) is 3.17. The van der Waals surface area contributed by atoms with Gasteiger partial charge in [0.1, 0.15) is 0 Å². The van der Waals surface area contributed by atoms with Gasteiger partial charge >= 0.3 is 0 Å². The first-order chi connectivity index (χ1) is 14.9. The third kappa shape index (κ3) is 5.27. The van der Waals surface area contributed by atoms with Crippen LogP contribution < -0.4 is 5.32 Å². The smallest absolute Gasteiger partial charge is 0.257 e. The molecule has 158 valence electrons. The molecule has 0 saturated heterocycles. The van der Waals surface area contributed by atoms with E-state index in [1.54, 1.807) is 0 Å². The predicted octanol–water partition coefficient (Wildman–Crippen LogP) is 4.13. The van der Waals surface area contributed by atoms with Gasteiger partial charge in [0.2, 0.25) is 10.0 Å². The number of thiazole rings is 1. The van der Waals surface area contributed by atoms with Crippen molar-refractivity contribution < 1.29 is 13.2 Å². The van der Waals surface area contributed by atoms with Crippen LogP contribution in [-0.4, -0.2) is 36.7 Å². The monoisotopic (exact) mass is 517 g/mol. The van der Waals surface area contributed by atoms with Crippen LogP contribution in [0.5, 0.6) is 0 Å². The first-order valence-corrected chi connectivity index (χ1v) is 12.1. The molecule has 0 fully saturated rings. The summed E-state index contributed by atoms with van der Waals surface area (Å²) in [7, 11) is -3.89. The van der Waals surface area contributed by atoms with E-state index in [2.05, 4.69) is 26.2 Å². The molecule has 2 aromatic carbocycles. The predicted molar refractivity (Wildman–Crippen MR) is 121 cm³/mol. The Morgan fingerprint density at radius 2 is 1.74 bits per heavy atom. The summed E-state index contributed by atoms with van der Waals surface area (Å²) in [6.45, 7) is -0.00810. The van der Waals surface area contributed by atoms with Crippen molar-refractivity contribution in [1.29, 1.82) is 10.5 Å². The van der Waals surface area contributed by atoms with Crippen molar-refractivity contribution in [2.24, 2.45) is 0 Å². The van der Waals surface area contributed by atoms with Crippen LogP contribution in [0.15, 0.2) is 51.8 Å². The molecule has 0 spiro atoms. The molecule has 3 rings (SSSR count). The van der Waals surface area contributed by atoms with Gasteiger partial charge in [0.25, 0.3) is 5.91 Å². The molecule has 1 amide bonds. The van der Waals surface area contributed by atoms with Gasteiger partial charge in [-0.15, -0.1) is 0 Å². The van der Waals surface area contributed by atoms with Gasteiger partial charge in [-0.25, -0.2) is 13.4 Å². The SMILES string of the molecule is N#CCCN(CCC#N)S(=O)(=O)c1ccc(C(=O)Nc2nc3c(Br)cccc3s2)cc1. The second kappa shape index (κ2) is 9.98.